The zero-order valence-electron chi connectivity index (χ0n) is 12.3. The van der Waals surface area contributed by atoms with E-state index in [1.807, 2.05) is 19.1 Å². The molecular formula is C16H18N2O3. The lowest BCUT2D eigenvalue weighted by atomic mass is 10.0. The van der Waals surface area contributed by atoms with E-state index >= 15 is 0 Å². The highest BCUT2D eigenvalue weighted by Crippen LogP contribution is 2.32. The number of non-ortho nitro benzene ring substituents is 1. The van der Waals surface area contributed by atoms with Crippen molar-refractivity contribution in [1.82, 2.24) is 0 Å². The van der Waals surface area contributed by atoms with Crippen molar-refractivity contribution in [2.24, 2.45) is 0 Å². The van der Waals surface area contributed by atoms with Crippen LogP contribution in [0.1, 0.15) is 30.9 Å². The fourth-order valence-electron chi connectivity index (χ4n) is 1.98. The Kier molecular flexibility index (Phi) is 4.12. The van der Waals surface area contributed by atoms with Crippen LogP contribution in [-0.2, 0) is 0 Å². The Bertz CT molecular complexity index is 681. The number of nitrogens with zero attached hydrogens (tertiary/aromatic N) is 1. The summed E-state index contributed by atoms with van der Waals surface area (Å²) < 4.78 is 5.79. The van der Waals surface area contributed by atoms with Gasteiger partial charge in [-0.15, -0.1) is 0 Å². The number of nitro groups is 1. The van der Waals surface area contributed by atoms with Crippen molar-refractivity contribution in [2.75, 3.05) is 5.73 Å². The first kappa shape index (κ1) is 14.8. The molecule has 0 unspecified atom stereocenters. The second kappa shape index (κ2) is 5.83. The second-order valence-electron chi connectivity index (χ2n) is 5.30. The van der Waals surface area contributed by atoms with Crippen molar-refractivity contribution >= 4 is 11.4 Å². The van der Waals surface area contributed by atoms with Crippen molar-refractivity contribution in [1.29, 1.82) is 0 Å². The van der Waals surface area contributed by atoms with Gasteiger partial charge in [0, 0.05) is 17.8 Å². The van der Waals surface area contributed by atoms with E-state index in [1.165, 1.54) is 12.1 Å². The summed E-state index contributed by atoms with van der Waals surface area (Å²) in [7, 11) is 0. The lowest BCUT2D eigenvalue weighted by Gasteiger charge is -2.13. The van der Waals surface area contributed by atoms with E-state index in [0.29, 0.717) is 23.1 Å². The predicted molar refractivity (Wildman–Crippen MR) is 82.9 cm³/mol. The zero-order valence-corrected chi connectivity index (χ0v) is 12.3. The van der Waals surface area contributed by atoms with Gasteiger partial charge in [-0.3, -0.25) is 10.1 Å². The molecule has 0 atom stereocenters. The van der Waals surface area contributed by atoms with E-state index < -0.39 is 4.92 Å². The molecule has 110 valence electrons. The predicted octanol–water partition coefficient (Wildman–Crippen LogP) is 4.40. The van der Waals surface area contributed by atoms with E-state index in [0.717, 1.165) is 11.1 Å². The Morgan fingerprint density at radius 3 is 2.52 bits per heavy atom. The van der Waals surface area contributed by atoms with Crippen LogP contribution in [0.15, 0.2) is 36.4 Å². The Hall–Kier alpha value is -2.56. The summed E-state index contributed by atoms with van der Waals surface area (Å²) >= 11 is 0. The average Bonchev–Trinajstić information content (AvgIpc) is 2.40. The van der Waals surface area contributed by atoms with Gasteiger partial charge in [0.2, 0.25) is 0 Å². The van der Waals surface area contributed by atoms with Crippen LogP contribution in [0, 0.1) is 17.0 Å². The topological polar surface area (TPSA) is 78.4 Å². The molecule has 0 aliphatic heterocycles. The summed E-state index contributed by atoms with van der Waals surface area (Å²) in [5.74, 6) is 1.43. The first-order chi connectivity index (χ1) is 9.86. The highest BCUT2D eigenvalue weighted by atomic mass is 16.6. The lowest BCUT2D eigenvalue weighted by Crippen LogP contribution is -1.95. The summed E-state index contributed by atoms with van der Waals surface area (Å²) in [5.41, 5.74) is 8.01. The maximum absolute atomic E-state index is 10.9. The second-order valence-corrected chi connectivity index (χ2v) is 5.30. The number of hydrogen-bond acceptors (Lipinski definition) is 4. The largest absolute Gasteiger partial charge is 0.457 e. The van der Waals surface area contributed by atoms with E-state index in [9.17, 15) is 10.1 Å². The Morgan fingerprint density at radius 1 is 1.19 bits per heavy atom. The number of nitrogens with two attached hydrogens (primary N) is 1. The molecule has 0 aromatic heterocycles. The normalized spacial score (nSPS) is 10.7. The summed E-state index contributed by atoms with van der Waals surface area (Å²) in [6.07, 6.45) is 0. The smallest absolute Gasteiger partial charge is 0.275 e. The van der Waals surface area contributed by atoms with E-state index in [4.69, 9.17) is 10.5 Å². The van der Waals surface area contributed by atoms with E-state index in [1.54, 1.807) is 6.07 Å². The molecule has 0 spiro atoms. The summed E-state index contributed by atoms with van der Waals surface area (Å²) in [5, 5.41) is 10.9. The third-order valence-electron chi connectivity index (χ3n) is 3.23. The Balaban J connectivity index is 2.38. The summed E-state index contributed by atoms with van der Waals surface area (Å²) in [6, 6.07) is 10.2. The fourth-order valence-corrected chi connectivity index (χ4v) is 1.98. The molecule has 5 nitrogen and oxygen atoms in total. The first-order valence-electron chi connectivity index (χ1n) is 6.70. The molecule has 2 aromatic rings. The molecule has 0 saturated carbocycles. The number of aryl methyl sites for hydroxylation is 1. The van der Waals surface area contributed by atoms with Gasteiger partial charge in [-0.05, 0) is 30.0 Å². The summed E-state index contributed by atoms with van der Waals surface area (Å²) in [4.78, 5) is 10.4. The van der Waals surface area contributed by atoms with Crippen molar-refractivity contribution in [2.45, 2.75) is 26.7 Å². The van der Waals surface area contributed by atoms with Crippen LogP contribution in [0.25, 0.3) is 0 Å². The number of benzene rings is 2. The van der Waals surface area contributed by atoms with Gasteiger partial charge in [0.25, 0.3) is 5.69 Å². The number of nitrogen functional groups attached to an aromatic ring is 1. The van der Waals surface area contributed by atoms with Crippen LogP contribution in [0.5, 0.6) is 11.5 Å². The SMILES string of the molecule is Cc1ccc(C(C)C)cc1Oc1cc(N)cc([N+](=O)[O-])c1. The minimum Gasteiger partial charge on any atom is -0.457 e. The van der Waals surface area contributed by atoms with Crippen molar-refractivity contribution in [3.05, 3.63) is 57.6 Å². The lowest BCUT2D eigenvalue weighted by molar-refractivity contribution is -0.384. The molecule has 21 heavy (non-hydrogen) atoms. The van der Waals surface area contributed by atoms with Gasteiger partial charge in [0.1, 0.15) is 11.5 Å². The molecule has 2 aromatic carbocycles. The van der Waals surface area contributed by atoms with Crippen molar-refractivity contribution < 1.29 is 9.66 Å². The molecule has 0 saturated heterocycles. The standard InChI is InChI=1S/C16H18N2O3/c1-10(2)12-5-4-11(3)16(6-12)21-15-8-13(17)7-14(9-15)18(19)20/h4-10H,17H2,1-3H3. The van der Waals surface area contributed by atoms with Gasteiger partial charge >= 0.3 is 0 Å². The Labute approximate surface area is 123 Å². The highest BCUT2D eigenvalue weighted by Gasteiger charge is 2.11. The molecule has 2 N–H and O–H groups in total. The maximum Gasteiger partial charge on any atom is 0.275 e. The van der Waals surface area contributed by atoms with Crippen LogP contribution in [0.4, 0.5) is 11.4 Å². The minimum absolute atomic E-state index is 0.0809. The van der Waals surface area contributed by atoms with Crippen molar-refractivity contribution in [3.8, 4) is 11.5 Å². The molecule has 0 fully saturated rings. The first-order valence-corrected chi connectivity index (χ1v) is 6.70. The van der Waals surface area contributed by atoms with Crippen LogP contribution < -0.4 is 10.5 Å². The number of ether oxygens (including phenoxy) is 1. The van der Waals surface area contributed by atoms with Crippen LogP contribution in [-0.4, -0.2) is 4.92 Å². The Morgan fingerprint density at radius 2 is 1.90 bits per heavy atom. The molecule has 0 bridgehead atoms. The van der Waals surface area contributed by atoms with Gasteiger partial charge < -0.3 is 10.5 Å². The number of hydrogen-bond donors (Lipinski definition) is 1. The molecule has 0 aliphatic rings. The average molecular weight is 286 g/mol. The minimum atomic E-state index is -0.485. The molecule has 0 radical (unpaired) electrons. The number of anilines is 1. The molecule has 0 amide bonds. The highest BCUT2D eigenvalue weighted by molar-refractivity contribution is 5.54. The summed E-state index contributed by atoms with van der Waals surface area (Å²) in [6.45, 7) is 6.12. The van der Waals surface area contributed by atoms with Crippen LogP contribution >= 0.6 is 0 Å². The van der Waals surface area contributed by atoms with Gasteiger partial charge in [-0.2, -0.15) is 0 Å². The molecule has 0 aliphatic carbocycles. The quantitative estimate of drug-likeness (QED) is 0.513. The van der Waals surface area contributed by atoms with Crippen LogP contribution in [0.3, 0.4) is 0 Å². The van der Waals surface area contributed by atoms with E-state index in [2.05, 4.69) is 19.9 Å². The third-order valence-corrected chi connectivity index (χ3v) is 3.23. The van der Waals surface area contributed by atoms with Crippen molar-refractivity contribution in [3.63, 3.8) is 0 Å². The molecular weight excluding hydrogens is 268 g/mol. The van der Waals surface area contributed by atoms with Gasteiger partial charge in [0.15, 0.2) is 0 Å². The van der Waals surface area contributed by atoms with E-state index in [-0.39, 0.29) is 5.69 Å². The van der Waals surface area contributed by atoms with Gasteiger partial charge in [-0.25, -0.2) is 0 Å². The number of nitro benzene ring substituents is 1. The van der Waals surface area contributed by atoms with Gasteiger partial charge in [0.05, 0.1) is 11.0 Å². The molecule has 5 heteroatoms. The fraction of sp³-hybridized carbons (Fsp3) is 0.250. The zero-order chi connectivity index (χ0) is 15.6. The number of rotatable bonds is 4. The van der Waals surface area contributed by atoms with Crippen LogP contribution in [0.2, 0.25) is 0 Å². The third kappa shape index (κ3) is 3.51. The van der Waals surface area contributed by atoms with Gasteiger partial charge in [-0.1, -0.05) is 26.0 Å². The monoisotopic (exact) mass is 286 g/mol. The molecule has 0 heterocycles. The maximum atomic E-state index is 10.9. The molecule has 2 rings (SSSR count).